The molecule has 56 heavy (non-hydrogen) atoms. The Morgan fingerprint density at radius 3 is 1.43 bits per heavy atom. The summed E-state index contributed by atoms with van der Waals surface area (Å²) in [6.45, 7) is 0. The predicted molar refractivity (Wildman–Crippen MR) is 232 cm³/mol. The van der Waals surface area contributed by atoms with Crippen LogP contribution >= 0.6 is 0 Å². The first-order valence-corrected chi connectivity index (χ1v) is 19.0. The van der Waals surface area contributed by atoms with Crippen molar-refractivity contribution in [2.24, 2.45) is 0 Å². The van der Waals surface area contributed by atoms with E-state index in [-0.39, 0.29) is 0 Å². The van der Waals surface area contributed by atoms with Gasteiger partial charge in [0.25, 0.3) is 0 Å². The lowest BCUT2D eigenvalue weighted by molar-refractivity contribution is 0.955. The van der Waals surface area contributed by atoms with Crippen LogP contribution in [0.15, 0.2) is 188 Å². The van der Waals surface area contributed by atoms with Gasteiger partial charge in [0, 0.05) is 49.1 Å². The lowest BCUT2D eigenvalue weighted by Gasteiger charge is -2.14. The van der Waals surface area contributed by atoms with E-state index in [4.69, 9.17) is 15.0 Å². The van der Waals surface area contributed by atoms with Gasteiger partial charge >= 0.3 is 0 Å². The smallest absolute Gasteiger partial charge is 0.238 e. The van der Waals surface area contributed by atoms with Gasteiger partial charge in [0.05, 0.1) is 22.1 Å². The summed E-state index contributed by atoms with van der Waals surface area (Å²) in [6.07, 6.45) is 0. The second kappa shape index (κ2) is 11.9. The van der Waals surface area contributed by atoms with Crippen molar-refractivity contribution in [3.63, 3.8) is 0 Å². The fourth-order valence-corrected chi connectivity index (χ4v) is 8.95. The number of nitrogens with zero attached hydrogens (tertiary/aromatic N) is 5. The van der Waals surface area contributed by atoms with E-state index in [1.54, 1.807) is 0 Å². The van der Waals surface area contributed by atoms with E-state index in [2.05, 4.69) is 161 Å². The summed E-state index contributed by atoms with van der Waals surface area (Å²) < 4.78 is 4.80. The van der Waals surface area contributed by atoms with Crippen LogP contribution in [-0.2, 0) is 0 Å². The van der Waals surface area contributed by atoms with Crippen molar-refractivity contribution >= 4 is 75.9 Å². The van der Waals surface area contributed by atoms with Gasteiger partial charge in [-0.2, -0.15) is 9.97 Å². The average Bonchev–Trinajstić information content (AvgIpc) is 3.81. The van der Waals surface area contributed by atoms with Crippen molar-refractivity contribution < 1.29 is 0 Å². The van der Waals surface area contributed by atoms with E-state index in [0.717, 1.165) is 54.9 Å². The zero-order valence-electron chi connectivity index (χ0n) is 30.1. The quantitative estimate of drug-likeness (QED) is 0.171. The van der Waals surface area contributed by atoms with Gasteiger partial charge in [0.2, 0.25) is 5.95 Å². The maximum atomic E-state index is 5.37. The fourth-order valence-electron chi connectivity index (χ4n) is 8.95. The summed E-state index contributed by atoms with van der Waals surface area (Å²) in [5, 5.41) is 11.9. The van der Waals surface area contributed by atoms with Crippen molar-refractivity contribution in [1.82, 2.24) is 24.1 Å². The fraction of sp³-hybridized carbons (Fsp3) is 0. The Morgan fingerprint density at radius 1 is 0.286 bits per heavy atom. The molecule has 0 aliphatic carbocycles. The Kier molecular flexibility index (Phi) is 6.56. The molecule has 0 saturated heterocycles. The third-order valence-electron chi connectivity index (χ3n) is 11.3. The normalized spacial score (nSPS) is 11.9. The maximum absolute atomic E-state index is 5.37. The highest BCUT2D eigenvalue weighted by molar-refractivity contribution is 6.35. The summed E-state index contributed by atoms with van der Waals surface area (Å²) in [5.41, 5.74) is 7.35. The molecule has 9 aromatic carbocycles. The highest BCUT2D eigenvalue weighted by Gasteiger charge is 2.26. The number of para-hydroxylation sites is 1. The number of hydrogen-bond acceptors (Lipinski definition) is 3. The number of aromatic nitrogens is 5. The van der Waals surface area contributed by atoms with Crippen LogP contribution < -0.4 is 0 Å². The van der Waals surface area contributed by atoms with E-state index in [0.29, 0.717) is 17.6 Å². The number of rotatable bonds is 4. The number of hydrogen-bond donors (Lipinski definition) is 0. The molecule has 0 aliphatic rings. The Labute approximate surface area is 321 Å². The number of benzene rings is 9. The third-order valence-corrected chi connectivity index (χ3v) is 11.3. The van der Waals surface area contributed by atoms with Gasteiger partial charge in [-0.1, -0.05) is 176 Å². The molecule has 0 amide bonds. The summed E-state index contributed by atoms with van der Waals surface area (Å²) >= 11 is 0. The molecule has 0 atom stereocenters. The molecule has 5 nitrogen and oxygen atoms in total. The zero-order chi connectivity index (χ0) is 36.7. The van der Waals surface area contributed by atoms with Gasteiger partial charge in [-0.25, -0.2) is 4.98 Å². The molecule has 260 valence electrons. The van der Waals surface area contributed by atoms with Gasteiger partial charge in [-0.15, -0.1) is 0 Å². The van der Waals surface area contributed by atoms with Crippen molar-refractivity contribution in [1.29, 1.82) is 0 Å². The van der Waals surface area contributed by atoms with Crippen LogP contribution in [0.5, 0.6) is 0 Å². The van der Waals surface area contributed by atoms with Crippen LogP contribution in [0.3, 0.4) is 0 Å². The largest absolute Gasteiger partial charge is 0.307 e. The standard InChI is InChI=1S/C51H31N5/c1-4-17-33(18-5-1)49-52-50(34-19-6-2-7-20-34)54-51(53-49)56-45-36-23-11-10-16-32(36)28-29-41(45)42-30-31-43-44-39-26-14-12-24-37(39)38-25-13-15-27-40(38)46(44)55(48(43)47(42)56)35-21-8-3-9-22-35/h1-31H. The lowest BCUT2D eigenvalue weighted by atomic mass is 9.96. The minimum atomic E-state index is 0.571. The molecule has 0 aliphatic heterocycles. The zero-order valence-corrected chi connectivity index (χ0v) is 30.1. The van der Waals surface area contributed by atoms with Crippen molar-refractivity contribution in [2.45, 2.75) is 0 Å². The Hall–Kier alpha value is -7.63. The van der Waals surface area contributed by atoms with Crippen LogP contribution in [0.2, 0.25) is 0 Å². The molecule has 0 fully saturated rings. The molecule has 0 bridgehead atoms. The van der Waals surface area contributed by atoms with E-state index < -0.39 is 0 Å². The molecule has 3 aromatic heterocycles. The highest BCUT2D eigenvalue weighted by Crippen LogP contribution is 2.47. The first kappa shape index (κ1) is 30.8. The topological polar surface area (TPSA) is 48.5 Å². The van der Waals surface area contributed by atoms with Gasteiger partial charge in [0.15, 0.2) is 11.6 Å². The molecular formula is C51H31N5. The van der Waals surface area contributed by atoms with Crippen molar-refractivity contribution in [3.05, 3.63) is 188 Å². The van der Waals surface area contributed by atoms with Crippen LogP contribution in [-0.4, -0.2) is 24.1 Å². The van der Waals surface area contributed by atoms with Crippen LogP contribution in [0.1, 0.15) is 0 Å². The van der Waals surface area contributed by atoms with Gasteiger partial charge in [0.1, 0.15) is 0 Å². The summed E-state index contributed by atoms with van der Waals surface area (Å²) in [6, 6.07) is 66.6. The van der Waals surface area contributed by atoms with E-state index in [1.807, 2.05) is 36.4 Å². The Bertz CT molecular complexity index is 3450. The summed E-state index contributed by atoms with van der Waals surface area (Å²) in [4.78, 5) is 15.8. The lowest BCUT2D eigenvalue weighted by Crippen LogP contribution is -2.07. The minimum absolute atomic E-state index is 0.571. The molecule has 0 N–H and O–H groups in total. The second-order valence-electron chi connectivity index (χ2n) is 14.4. The number of fused-ring (bicyclic) bond motifs is 14. The van der Waals surface area contributed by atoms with E-state index in [1.165, 1.54) is 37.8 Å². The Morgan fingerprint density at radius 2 is 0.750 bits per heavy atom. The van der Waals surface area contributed by atoms with Crippen LogP contribution in [0, 0.1) is 0 Å². The maximum Gasteiger partial charge on any atom is 0.238 e. The monoisotopic (exact) mass is 713 g/mol. The molecule has 5 heteroatoms. The highest BCUT2D eigenvalue weighted by atomic mass is 15.2. The van der Waals surface area contributed by atoms with E-state index in [9.17, 15) is 0 Å². The summed E-state index contributed by atoms with van der Waals surface area (Å²) in [7, 11) is 0. The molecular weight excluding hydrogens is 683 g/mol. The molecule has 0 saturated carbocycles. The average molecular weight is 714 g/mol. The Balaban J connectivity index is 1.36. The van der Waals surface area contributed by atoms with Crippen LogP contribution in [0.4, 0.5) is 0 Å². The molecule has 0 unspecified atom stereocenters. The minimum Gasteiger partial charge on any atom is -0.307 e. The first-order chi connectivity index (χ1) is 27.8. The predicted octanol–water partition coefficient (Wildman–Crippen LogP) is 12.9. The molecule has 3 heterocycles. The van der Waals surface area contributed by atoms with Gasteiger partial charge < -0.3 is 4.57 Å². The van der Waals surface area contributed by atoms with Crippen LogP contribution in [0.25, 0.3) is 110 Å². The second-order valence-corrected chi connectivity index (χ2v) is 14.4. The van der Waals surface area contributed by atoms with Crippen molar-refractivity contribution in [2.75, 3.05) is 0 Å². The third kappa shape index (κ3) is 4.39. The molecule has 0 spiro atoms. The van der Waals surface area contributed by atoms with Gasteiger partial charge in [-0.05, 0) is 33.7 Å². The molecule has 0 radical (unpaired) electrons. The first-order valence-electron chi connectivity index (χ1n) is 19.0. The summed E-state index contributed by atoms with van der Waals surface area (Å²) in [5.74, 6) is 1.82. The SMILES string of the molecule is c1ccc(-c2nc(-c3ccccc3)nc(-n3c4c5ccccc5ccc4c4ccc5c6c7ccccc7c7ccccc7c6n(-c6ccccc6)c5c43)n2)cc1. The van der Waals surface area contributed by atoms with Gasteiger partial charge in [-0.3, -0.25) is 4.57 Å². The molecule has 12 aromatic rings. The molecule has 12 rings (SSSR count). The van der Waals surface area contributed by atoms with E-state index >= 15 is 0 Å². The van der Waals surface area contributed by atoms with Crippen molar-refractivity contribution in [3.8, 4) is 34.4 Å².